The van der Waals surface area contributed by atoms with Crippen molar-refractivity contribution in [2.45, 2.75) is 70.4 Å². The standard InChI is InChI=1S/C30H40FN3O3/c1-19-7-3-8-21(15-19)29-25(10-4-12-26(29)31)24(11-5-13-33-20(2)35)22-9-6-14-34(18-22)30(37)23-16-27(32)28(36)17-23/h3-4,7-8,10,12,15,22-24,27-28,36H,5-6,9,11,13-14,16-18,32H2,1-2H3,(H,33,35). The number of nitrogens with zero attached hydrogens (tertiary/aromatic N) is 1. The molecule has 2 aliphatic rings. The predicted octanol–water partition coefficient (Wildman–Crippen LogP) is 4.14. The van der Waals surface area contributed by atoms with Crippen molar-refractivity contribution in [1.29, 1.82) is 0 Å². The van der Waals surface area contributed by atoms with Crippen LogP contribution in [0.4, 0.5) is 4.39 Å². The highest BCUT2D eigenvalue weighted by molar-refractivity contribution is 5.79. The molecule has 0 spiro atoms. The van der Waals surface area contributed by atoms with Gasteiger partial charge in [0.25, 0.3) is 0 Å². The number of carbonyl (C=O) groups excluding carboxylic acids is 2. The first-order valence-electron chi connectivity index (χ1n) is 13.6. The quantitative estimate of drug-likeness (QED) is 0.466. The van der Waals surface area contributed by atoms with Gasteiger partial charge in [-0.3, -0.25) is 9.59 Å². The summed E-state index contributed by atoms with van der Waals surface area (Å²) >= 11 is 0. The van der Waals surface area contributed by atoms with E-state index in [1.54, 1.807) is 6.07 Å². The van der Waals surface area contributed by atoms with E-state index in [2.05, 4.69) is 5.32 Å². The zero-order valence-electron chi connectivity index (χ0n) is 22.0. The van der Waals surface area contributed by atoms with Gasteiger partial charge in [-0.2, -0.15) is 0 Å². The van der Waals surface area contributed by atoms with Crippen LogP contribution in [0.3, 0.4) is 0 Å². The number of aliphatic hydroxyl groups is 1. The van der Waals surface area contributed by atoms with E-state index in [9.17, 15) is 14.7 Å². The third-order valence-electron chi connectivity index (χ3n) is 8.08. The number of nitrogens with two attached hydrogens (primary N) is 1. The molecule has 4 rings (SSSR count). The number of piperidine rings is 1. The second-order valence-corrected chi connectivity index (χ2v) is 10.9. The molecule has 1 saturated heterocycles. The number of rotatable bonds is 8. The molecule has 1 aliphatic carbocycles. The lowest BCUT2D eigenvalue weighted by Gasteiger charge is -2.39. The van der Waals surface area contributed by atoms with Gasteiger partial charge in [0.2, 0.25) is 11.8 Å². The number of benzene rings is 2. The molecule has 37 heavy (non-hydrogen) atoms. The van der Waals surface area contributed by atoms with Crippen LogP contribution in [0.15, 0.2) is 42.5 Å². The lowest BCUT2D eigenvalue weighted by atomic mass is 9.75. The third-order valence-corrected chi connectivity index (χ3v) is 8.08. The van der Waals surface area contributed by atoms with Gasteiger partial charge in [0.1, 0.15) is 5.82 Å². The maximum Gasteiger partial charge on any atom is 0.225 e. The summed E-state index contributed by atoms with van der Waals surface area (Å²) in [4.78, 5) is 26.7. The van der Waals surface area contributed by atoms with E-state index in [4.69, 9.17) is 5.73 Å². The van der Waals surface area contributed by atoms with Crippen LogP contribution in [-0.2, 0) is 9.59 Å². The second kappa shape index (κ2) is 12.2. The normalized spacial score (nSPS) is 24.6. The Labute approximate surface area is 219 Å². The van der Waals surface area contributed by atoms with E-state index in [0.29, 0.717) is 38.0 Å². The Morgan fingerprint density at radius 1 is 1.22 bits per heavy atom. The van der Waals surface area contributed by atoms with Gasteiger partial charge in [-0.1, -0.05) is 42.0 Å². The van der Waals surface area contributed by atoms with Crippen molar-refractivity contribution in [3.63, 3.8) is 0 Å². The summed E-state index contributed by atoms with van der Waals surface area (Å²) < 4.78 is 15.4. The summed E-state index contributed by atoms with van der Waals surface area (Å²) in [6.07, 6.45) is 3.69. The molecule has 2 aromatic rings. The van der Waals surface area contributed by atoms with Crippen molar-refractivity contribution < 1.29 is 19.1 Å². The van der Waals surface area contributed by atoms with Crippen molar-refractivity contribution in [3.8, 4) is 11.1 Å². The first-order valence-corrected chi connectivity index (χ1v) is 13.6. The van der Waals surface area contributed by atoms with Gasteiger partial charge in [-0.25, -0.2) is 4.39 Å². The Kier molecular flexibility index (Phi) is 8.98. The summed E-state index contributed by atoms with van der Waals surface area (Å²) in [6, 6.07) is 12.9. The fraction of sp³-hybridized carbons (Fsp3) is 0.533. The number of hydrogen-bond acceptors (Lipinski definition) is 4. The maximum absolute atomic E-state index is 15.4. The number of nitrogens with one attached hydrogen (secondary N) is 1. The average Bonchev–Trinajstić information content (AvgIpc) is 3.21. The molecule has 4 N–H and O–H groups in total. The van der Waals surface area contributed by atoms with Crippen LogP contribution in [0.2, 0.25) is 0 Å². The molecular formula is C30H40FN3O3. The van der Waals surface area contributed by atoms with Crippen molar-refractivity contribution >= 4 is 11.8 Å². The smallest absolute Gasteiger partial charge is 0.225 e. The first kappa shape index (κ1) is 27.3. The van der Waals surface area contributed by atoms with Crippen molar-refractivity contribution in [2.75, 3.05) is 19.6 Å². The molecule has 6 nitrogen and oxygen atoms in total. The van der Waals surface area contributed by atoms with E-state index in [1.165, 1.54) is 13.0 Å². The van der Waals surface area contributed by atoms with Crippen LogP contribution >= 0.6 is 0 Å². The lowest BCUT2D eigenvalue weighted by Crippen LogP contribution is -2.44. The molecule has 0 bridgehead atoms. The molecule has 7 heteroatoms. The van der Waals surface area contributed by atoms with Crippen LogP contribution in [-0.4, -0.2) is 53.6 Å². The number of halogens is 1. The number of aliphatic hydroxyl groups excluding tert-OH is 1. The van der Waals surface area contributed by atoms with E-state index >= 15 is 4.39 Å². The van der Waals surface area contributed by atoms with Crippen molar-refractivity contribution in [3.05, 3.63) is 59.4 Å². The van der Waals surface area contributed by atoms with Crippen LogP contribution in [0.1, 0.15) is 62.5 Å². The van der Waals surface area contributed by atoms with E-state index in [-0.39, 0.29) is 41.4 Å². The monoisotopic (exact) mass is 509 g/mol. The molecule has 1 heterocycles. The van der Waals surface area contributed by atoms with Crippen LogP contribution in [0.5, 0.6) is 0 Å². The molecule has 1 saturated carbocycles. The fourth-order valence-electron chi connectivity index (χ4n) is 6.23. The molecule has 2 amide bonds. The maximum atomic E-state index is 15.4. The fourth-order valence-corrected chi connectivity index (χ4v) is 6.23. The largest absolute Gasteiger partial charge is 0.391 e. The molecule has 0 aromatic heterocycles. The molecule has 200 valence electrons. The molecular weight excluding hydrogens is 469 g/mol. The minimum atomic E-state index is -0.625. The summed E-state index contributed by atoms with van der Waals surface area (Å²) in [7, 11) is 0. The minimum Gasteiger partial charge on any atom is -0.391 e. The van der Waals surface area contributed by atoms with Crippen LogP contribution in [0, 0.1) is 24.6 Å². The Morgan fingerprint density at radius 2 is 2.00 bits per heavy atom. The summed E-state index contributed by atoms with van der Waals surface area (Å²) in [5.74, 6) is -0.264. The molecule has 2 fully saturated rings. The third kappa shape index (κ3) is 6.57. The lowest BCUT2D eigenvalue weighted by molar-refractivity contribution is -0.137. The van der Waals surface area contributed by atoms with E-state index in [1.807, 2.05) is 42.2 Å². The number of likely N-dealkylation sites (tertiary alicyclic amines) is 1. The minimum absolute atomic E-state index is 0.0343. The highest BCUT2D eigenvalue weighted by Crippen LogP contribution is 2.41. The predicted molar refractivity (Wildman–Crippen MR) is 143 cm³/mol. The number of amides is 2. The first-order chi connectivity index (χ1) is 17.7. The highest BCUT2D eigenvalue weighted by atomic mass is 19.1. The topological polar surface area (TPSA) is 95.7 Å². The molecule has 2 aromatic carbocycles. The van der Waals surface area contributed by atoms with Gasteiger partial charge in [0, 0.05) is 44.1 Å². The molecule has 1 aliphatic heterocycles. The van der Waals surface area contributed by atoms with Gasteiger partial charge in [0.05, 0.1) is 6.10 Å². The number of hydrogen-bond donors (Lipinski definition) is 3. The molecule has 0 radical (unpaired) electrons. The summed E-state index contributed by atoms with van der Waals surface area (Å²) in [6.45, 7) is 5.38. The Hall–Kier alpha value is -2.77. The summed E-state index contributed by atoms with van der Waals surface area (Å²) in [5.41, 5.74) is 9.51. The van der Waals surface area contributed by atoms with E-state index in [0.717, 1.165) is 42.4 Å². The SMILES string of the molecule is CC(=O)NCCCC(c1cccc(F)c1-c1cccc(C)c1)C1CCCN(C(=O)C2CC(N)C(O)C2)C1. The highest BCUT2D eigenvalue weighted by Gasteiger charge is 2.39. The van der Waals surface area contributed by atoms with Crippen molar-refractivity contribution in [2.24, 2.45) is 17.6 Å². The Bertz CT molecular complexity index is 1100. The van der Waals surface area contributed by atoms with Crippen molar-refractivity contribution in [1.82, 2.24) is 10.2 Å². The Balaban J connectivity index is 1.62. The van der Waals surface area contributed by atoms with Crippen LogP contribution in [0.25, 0.3) is 11.1 Å². The van der Waals surface area contributed by atoms with Gasteiger partial charge in [0.15, 0.2) is 0 Å². The average molecular weight is 510 g/mol. The second-order valence-electron chi connectivity index (χ2n) is 10.9. The Morgan fingerprint density at radius 3 is 2.70 bits per heavy atom. The zero-order valence-corrected chi connectivity index (χ0v) is 22.0. The van der Waals surface area contributed by atoms with Gasteiger partial charge in [-0.15, -0.1) is 0 Å². The van der Waals surface area contributed by atoms with Gasteiger partial charge >= 0.3 is 0 Å². The number of carbonyl (C=O) groups is 2. The van der Waals surface area contributed by atoms with Gasteiger partial charge in [-0.05, 0) is 74.5 Å². The summed E-state index contributed by atoms with van der Waals surface area (Å²) in [5, 5.41) is 13.0. The van der Waals surface area contributed by atoms with Crippen LogP contribution < -0.4 is 11.1 Å². The molecule has 5 unspecified atom stereocenters. The number of aryl methyl sites for hydroxylation is 1. The zero-order chi connectivity index (χ0) is 26.5. The van der Waals surface area contributed by atoms with E-state index < -0.39 is 6.10 Å². The molecule has 5 atom stereocenters. The van der Waals surface area contributed by atoms with Gasteiger partial charge < -0.3 is 21.1 Å².